The van der Waals surface area contributed by atoms with E-state index in [9.17, 15) is 4.79 Å². The van der Waals surface area contributed by atoms with Crippen molar-refractivity contribution in [1.82, 2.24) is 0 Å². The summed E-state index contributed by atoms with van der Waals surface area (Å²) < 4.78 is 0. The number of allylic oxidation sites excluding steroid dienone is 4. The van der Waals surface area contributed by atoms with Gasteiger partial charge in [-0.15, -0.1) is 13.3 Å². The molecule has 0 bridgehead atoms. The molecule has 0 heterocycles. The summed E-state index contributed by atoms with van der Waals surface area (Å²) in [6, 6.07) is 7.26. The monoisotopic (exact) mass is 431 g/mol. The molecule has 6 heteroatoms. The predicted octanol–water partition coefficient (Wildman–Crippen LogP) is -0.335. The van der Waals surface area contributed by atoms with Gasteiger partial charge in [0.05, 0.1) is 5.91 Å². The van der Waals surface area contributed by atoms with Gasteiger partial charge in [-0.25, -0.2) is 11.6 Å². The summed E-state index contributed by atoms with van der Waals surface area (Å²) in [5.41, 5.74) is 9.91. The second kappa shape index (κ2) is 17.1. The molecule has 2 nitrogen and oxygen atoms in total. The topological polar surface area (TPSA) is 40.9 Å². The molecule has 1 aromatic carbocycles. The molecule has 0 saturated carbocycles. The minimum atomic E-state index is -0.619. The largest absolute Gasteiger partial charge is 4.00 e. The molecule has 2 rings (SSSR count). The number of hydrogen-bond acceptors (Lipinski definition) is 1. The average Bonchev–Trinajstić information content (AvgIpc) is 2.91. The molecule has 0 aliphatic heterocycles. The summed E-state index contributed by atoms with van der Waals surface area (Å²) in [4.78, 5) is 10.8. The Kier molecular flexibility index (Phi) is 22.2. The van der Waals surface area contributed by atoms with E-state index in [4.69, 9.17) is 5.73 Å². The van der Waals surface area contributed by atoms with Crippen LogP contribution in [0.4, 0.5) is 0 Å². The van der Waals surface area contributed by atoms with Crippen LogP contribution in [0.2, 0.25) is 13.1 Å². The van der Waals surface area contributed by atoms with Gasteiger partial charge < -0.3 is 35.3 Å². The van der Waals surface area contributed by atoms with Gasteiger partial charge in [0.2, 0.25) is 0 Å². The Labute approximate surface area is 183 Å². The predicted molar refractivity (Wildman–Crippen MR) is 97.5 cm³/mol. The molecule has 2 radical (unpaired) electrons. The Morgan fingerprint density at radius 3 is 2.00 bits per heavy atom. The van der Waals surface area contributed by atoms with Crippen molar-refractivity contribution in [2.24, 2.45) is 0 Å². The molecule has 0 unspecified atom stereocenters. The van der Waals surface area contributed by atoms with E-state index in [0.717, 1.165) is 21.5 Å². The Morgan fingerprint density at radius 1 is 1.20 bits per heavy atom. The summed E-state index contributed by atoms with van der Waals surface area (Å²) in [6.45, 7) is 12.6. The van der Waals surface area contributed by atoms with E-state index in [1.54, 1.807) is 12.1 Å². The van der Waals surface area contributed by atoms with Crippen LogP contribution in [0, 0.1) is 6.08 Å². The van der Waals surface area contributed by atoms with Gasteiger partial charge in [-0.1, -0.05) is 52.1 Å². The SMILES string of the molecule is CC(C)(C)c1cccc(C([NH-])=O)c1.CC1=CC[C-]=C1.C[Si]C.[Cl-].[Cl-].[Ti+4]. The Bertz CT molecular complexity index is 538. The van der Waals surface area contributed by atoms with Crippen LogP contribution in [0.1, 0.15) is 50.0 Å². The van der Waals surface area contributed by atoms with Gasteiger partial charge in [0, 0.05) is 9.52 Å². The van der Waals surface area contributed by atoms with E-state index in [1.165, 1.54) is 5.57 Å². The number of halogens is 2. The summed E-state index contributed by atoms with van der Waals surface area (Å²) in [6.07, 6.45) is 8.24. The van der Waals surface area contributed by atoms with E-state index in [0.29, 0.717) is 5.56 Å². The molecule has 136 valence electrons. The van der Waals surface area contributed by atoms with E-state index >= 15 is 0 Å². The van der Waals surface area contributed by atoms with Crippen molar-refractivity contribution in [3.05, 3.63) is 64.9 Å². The first-order chi connectivity index (χ1) is 10.2. The van der Waals surface area contributed by atoms with Crippen LogP contribution in [-0.2, 0) is 27.1 Å². The van der Waals surface area contributed by atoms with Crippen molar-refractivity contribution in [3.63, 3.8) is 0 Å². The normalized spacial score (nSPS) is 11.0. The fourth-order valence-electron chi connectivity index (χ4n) is 1.63. The molecule has 25 heavy (non-hydrogen) atoms. The molecule has 1 aliphatic rings. The molecular weight excluding hydrogens is 405 g/mol. The van der Waals surface area contributed by atoms with Gasteiger partial charge in [-0.2, -0.15) is 6.08 Å². The van der Waals surface area contributed by atoms with E-state index in [-0.39, 0.29) is 51.9 Å². The Hall–Kier alpha value is -0.319. The van der Waals surface area contributed by atoms with Crippen LogP contribution in [-0.4, -0.2) is 15.4 Å². The summed E-state index contributed by atoms with van der Waals surface area (Å²) in [5, 5.41) is 0. The maximum absolute atomic E-state index is 10.8. The van der Waals surface area contributed by atoms with Crippen LogP contribution < -0.4 is 24.8 Å². The average molecular weight is 432 g/mol. The number of carbonyl (C=O) groups is 1. The van der Waals surface area contributed by atoms with E-state index < -0.39 is 5.91 Å². The summed E-state index contributed by atoms with van der Waals surface area (Å²) >= 11 is 0. The van der Waals surface area contributed by atoms with Crippen LogP contribution in [0.25, 0.3) is 5.73 Å². The minimum Gasteiger partial charge on any atom is -1.00 e. The molecule has 1 N–H and O–H groups in total. The minimum absolute atomic E-state index is 0. The van der Waals surface area contributed by atoms with Crippen molar-refractivity contribution in [2.75, 3.05) is 0 Å². The van der Waals surface area contributed by atoms with Crippen LogP contribution >= 0.6 is 0 Å². The zero-order chi connectivity index (χ0) is 17.2. The maximum Gasteiger partial charge on any atom is 4.00 e. The zero-order valence-electron chi connectivity index (χ0n) is 15.8. The Morgan fingerprint density at radius 2 is 1.72 bits per heavy atom. The first-order valence-corrected chi connectivity index (χ1v) is 9.40. The summed E-state index contributed by atoms with van der Waals surface area (Å²) in [5.74, 6) is -0.619. The standard InChI is InChI=1S/C11H15NO.C6H7.C2H6Si.2ClH.Ti/c1-11(2,3)9-6-4-5-8(7-9)10(12)13;1-6-4-2-3-5-6;1-3-2;;;/h4-7H,1-3H3,(H2,12,13);4-5H,2H2,1H3;1-2H3;2*1H;/q;-1;;;;+4/p-3. The van der Waals surface area contributed by atoms with Crippen molar-refractivity contribution in [2.45, 2.75) is 52.6 Å². The number of amides is 1. The fraction of sp³-hybridized carbons (Fsp3) is 0.421. The molecule has 0 spiro atoms. The number of carbonyl (C=O) groups excluding carboxylic acids is 1. The van der Waals surface area contributed by atoms with Gasteiger partial charge in [-0.3, -0.25) is 6.08 Å². The number of benzene rings is 1. The van der Waals surface area contributed by atoms with Crippen molar-refractivity contribution >= 4 is 15.4 Å². The number of hydrogen-bond donors (Lipinski definition) is 0. The fourth-order valence-corrected chi connectivity index (χ4v) is 1.63. The molecule has 1 amide bonds. The van der Waals surface area contributed by atoms with Crippen molar-refractivity contribution < 1.29 is 51.3 Å². The van der Waals surface area contributed by atoms with E-state index in [1.807, 2.05) is 18.2 Å². The van der Waals surface area contributed by atoms with Crippen LogP contribution in [0.3, 0.4) is 0 Å². The smallest absolute Gasteiger partial charge is 1.00 e. The molecule has 0 fully saturated rings. The molecule has 1 aliphatic carbocycles. The zero-order valence-corrected chi connectivity index (χ0v) is 19.9. The first kappa shape index (κ1) is 32.4. The van der Waals surface area contributed by atoms with Gasteiger partial charge in [0.1, 0.15) is 0 Å². The van der Waals surface area contributed by atoms with E-state index in [2.05, 4.69) is 52.9 Å². The third-order valence-corrected chi connectivity index (χ3v) is 2.86. The van der Waals surface area contributed by atoms with Crippen molar-refractivity contribution in [1.29, 1.82) is 0 Å². The van der Waals surface area contributed by atoms with Gasteiger partial charge >= 0.3 is 21.7 Å². The molecule has 0 aromatic heterocycles. The molecule has 1 aromatic rings. The second-order valence-electron chi connectivity index (χ2n) is 6.16. The number of rotatable bonds is 1. The molecular formula is C19H27Cl2NOSiTi. The maximum atomic E-state index is 10.8. The molecule has 0 saturated heterocycles. The van der Waals surface area contributed by atoms with Gasteiger partial charge in [-0.05, 0) is 22.6 Å². The second-order valence-corrected chi connectivity index (χ2v) is 7.16. The van der Waals surface area contributed by atoms with Gasteiger partial charge in [0.25, 0.3) is 0 Å². The van der Waals surface area contributed by atoms with Gasteiger partial charge in [0.15, 0.2) is 0 Å². The van der Waals surface area contributed by atoms with Crippen LogP contribution in [0.5, 0.6) is 0 Å². The Balaban J connectivity index is -0.000000156. The quantitative estimate of drug-likeness (QED) is 0.443. The molecule has 0 atom stereocenters. The third kappa shape index (κ3) is 15.6. The summed E-state index contributed by atoms with van der Waals surface area (Å²) in [7, 11) is 1.08. The van der Waals surface area contributed by atoms with Crippen molar-refractivity contribution in [3.8, 4) is 0 Å². The first-order valence-electron chi connectivity index (χ1n) is 7.40. The van der Waals surface area contributed by atoms with Crippen LogP contribution in [0.15, 0.2) is 42.0 Å². The number of nitrogens with one attached hydrogen (secondary N) is 1. The third-order valence-electron chi connectivity index (χ3n) is 2.86.